The molecule has 5 rings (SSSR count). The monoisotopic (exact) mass is 427 g/mol. The number of anilines is 1. The number of imidazole rings is 1. The number of aromatic nitrogens is 5. The first-order valence-electron chi connectivity index (χ1n) is 10.8. The molecule has 1 aliphatic rings. The van der Waals surface area contributed by atoms with E-state index in [0.29, 0.717) is 24.1 Å². The van der Waals surface area contributed by atoms with Crippen molar-refractivity contribution in [2.75, 3.05) is 18.0 Å². The number of piperidine rings is 1. The highest BCUT2D eigenvalue weighted by Crippen LogP contribution is 2.23. The Kier molecular flexibility index (Phi) is 5.33. The topological polar surface area (TPSA) is 94.9 Å². The fraction of sp³-hybridized carbons (Fsp3) is 0.333. The lowest BCUT2D eigenvalue weighted by atomic mass is 10.1. The van der Waals surface area contributed by atoms with Gasteiger partial charge in [0.1, 0.15) is 11.0 Å². The molecule has 1 atom stereocenters. The minimum absolute atomic E-state index is 0.100. The standard InChI is InChI=1S/C24H25N7O/c1-2-3-13-30-22-21(28-24(30)29-12-6-8-18(25)15-29)14-26-31(23(22)32)16-19-11-10-17-7-4-5-9-20(17)27-19/h4-5,7,9-11,14,18H,6,8,12-13,15-16,25H2,1H3. The number of pyridine rings is 1. The van der Waals surface area contributed by atoms with E-state index in [1.807, 2.05) is 41.0 Å². The quantitative estimate of drug-likeness (QED) is 0.502. The maximum absolute atomic E-state index is 13.5. The molecule has 0 aliphatic carbocycles. The van der Waals surface area contributed by atoms with Crippen LogP contribution < -0.4 is 16.2 Å². The number of para-hydroxylation sites is 1. The summed E-state index contributed by atoms with van der Waals surface area (Å²) in [5, 5.41) is 5.45. The van der Waals surface area contributed by atoms with Crippen molar-refractivity contribution < 1.29 is 0 Å². The summed E-state index contributed by atoms with van der Waals surface area (Å²) in [5.41, 5.74) is 8.75. The Balaban J connectivity index is 1.58. The first-order chi connectivity index (χ1) is 15.6. The number of hydrogen-bond donors (Lipinski definition) is 1. The molecule has 0 spiro atoms. The van der Waals surface area contributed by atoms with Crippen molar-refractivity contribution in [2.45, 2.75) is 38.9 Å². The second-order valence-electron chi connectivity index (χ2n) is 8.11. The number of nitrogens with two attached hydrogens (primary N) is 1. The van der Waals surface area contributed by atoms with Gasteiger partial charge < -0.3 is 10.6 Å². The van der Waals surface area contributed by atoms with Gasteiger partial charge in [0.05, 0.1) is 30.5 Å². The predicted octanol–water partition coefficient (Wildman–Crippen LogP) is 2.14. The summed E-state index contributed by atoms with van der Waals surface area (Å²) in [5.74, 6) is 6.74. The summed E-state index contributed by atoms with van der Waals surface area (Å²) < 4.78 is 3.35. The summed E-state index contributed by atoms with van der Waals surface area (Å²) in [6.07, 6.45) is 3.65. The van der Waals surface area contributed by atoms with E-state index < -0.39 is 0 Å². The van der Waals surface area contributed by atoms with Crippen LogP contribution in [0.5, 0.6) is 0 Å². The first-order valence-corrected chi connectivity index (χ1v) is 10.8. The molecule has 1 fully saturated rings. The molecule has 3 aromatic heterocycles. The highest BCUT2D eigenvalue weighted by Gasteiger charge is 2.24. The molecular formula is C24H25N7O. The molecule has 0 bridgehead atoms. The van der Waals surface area contributed by atoms with Crippen LogP contribution in [-0.2, 0) is 13.1 Å². The molecule has 4 heterocycles. The lowest BCUT2D eigenvalue weighted by molar-refractivity contribution is 0.496. The summed E-state index contributed by atoms with van der Waals surface area (Å²) in [7, 11) is 0. The van der Waals surface area contributed by atoms with E-state index in [1.165, 1.54) is 4.68 Å². The van der Waals surface area contributed by atoms with Crippen molar-refractivity contribution in [2.24, 2.45) is 5.73 Å². The van der Waals surface area contributed by atoms with Crippen LogP contribution in [0.1, 0.15) is 25.5 Å². The van der Waals surface area contributed by atoms with Crippen LogP contribution in [-0.4, -0.2) is 43.4 Å². The maximum atomic E-state index is 13.5. The Bertz CT molecular complexity index is 1410. The van der Waals surface area contributed by atoms with Gasteiger partial charge in [-0.15, -0.1) is 5.92 Å². The van der Waals surface area contributed by atoms with Crippen LogP contribution in [0.25, 0.3) is 21.9 Å². The molecule has 1 aliphatic heterocycles. The van der Waals surface area contributed by atoms with Crippen molar-refractivity contribution in [3.8, 4) is 11.8 Å². The lowest BCUT2D eigenvalue weighted by Crippen LogP contribution is -2.44. The SMILES string of the molecule is CC#CCn1c(N2CCCC(N)C2)nc2cnn(Cc3ccc4ccccc4n3)c(=O)c21. The van der Waals surface area contributed by atoms with Gasteiger partial charge >= 0.3 is 0 Å². The van der Waals surface area contributed by atoms with Gasteiger partial charge in [0.25, 0.3) is 5.56 Å². The molecule has 8 nitrogen and oxygen atoms in total. The van der Waals surface area contributed by atoms with Gasteiger partial charge in [-0.05, 0) is 31.9 Å². The van der Waals surface area contributed by atoms with Crippen molar-refractivity contribution >= 4 is 27.9 Å². The summed E-state index contributed by atoms with van der Waals surface area (Å²) >= 11 is 0. The molecular weight excluding hydrogens is 402 g/mol. The van der Waals surface area contributed by atoms with Crippen molar-refractivity contribution in [3.05, 3.63) is 58.6 Å². The van der Waals surface area contributed by atoms with Crippen LogP contribution in [0.3, 0.4) is 0 Å². The zero-order chi connectivity index (χ0) is 22.1. The minimum Gasteiger partial charge on any atom is -0.341 e. The third kappa shape index (κ3) is 3.72. The van der Waals surface area contributed by atoms with E-state index in [9.17, 15) is 4.79 Å². The number of hydrogen-bond acceptors (Lipinski definition) is 6. The fourth-order valence-electron chi connectivity index (χ4n) is 4.28. The van der Waals surface area contributed by atoms with Gasteiger partial charge in [0.2, 0.25) is 5.95 Å². The Hall–Kier alpha value is -3.70. The summed E-state index contributed by atoms with van der Waals surface area (Å²) in [6, 6.07) is 12.0. The molecule has 0 saturated carbocycles. The summed E-state index contributed by atoms with van der Waals surface area (Å²) in [4.78, 5) is 25.0. The third-order valence-corrected chi connectivity index (χ3v) is 5.85. The van der Waals surface area contributed by atoms with E-state index in [1.54, 1.807) is 13.1 Å². The van der Waals surface area contributed by atoms with Gasteiger partial charge in [-0.25, -0.2) is 9.67 Å². The van der Waals surface area contributed by atoms with Gasteiger partial charge in [-0.1, -0.05) is 30.2 Å². The molecule has 8 heteroatoms. The average molecular weight is 428 g/mol. The Morgan fingerprint density at radius 2 is 2.03 bits per heavy atom. The van der Waals surface area contributed by atoms with E-state index in [2.05, 4.69) is 26.8 Å². The zero-order valence-corrected chi connectivity index (χ0v) is 18.0. The molecule has 2 N–H and O–H groups in total. The Morgan fingerprint density at radius 3 is 2.88 bits per heavy atom. The van der Waals surface area contributed by atoms with E-state index >= 15 is 0 Å². The summed E-state index contributed by atoms with van der Waals surface area (Å²) in [6.45, 7) is 4.04. The van der Waals surface area contributed by atoms with E-state index in [-0.39, 0.29) is 18.1 Å². The molecule has 1 aromatic carbocycles. The predicted molar refractivity (Wildman–Crippen MR) is 126 cm³/mol. The first kappa shape index (κ1) is 20.2. The lowest BCUT2D eigenvalue weighted by Gasteiger charge is -2.31. The number of rotatable bonds is 4. The average Bonchev–Trinajstić information content (AvgIpc) is 3.19. The molecule has 32 heavy (non-hydrogen) atoms. The van der Waals surface area contributed by atoms with Gasteiger partial charge in [-0.3, -0.25) is 14.3 Å². The highest BCUT2D eigenvalue weighted by molar-refractivity contribution is 5.79. The molecule has 4 aromatic rings. The zero-order valence-electron chi connectivity index (χ0n) is 18.0. The molecule has 162 valence electrons. The Labute approximate surface area is 185 Å². The third-order valence-electron chi connectivity index (χ3n) is 5.85. The van der Waals surface area contributed by atoms with E-state index in [0.717, 1.165) is 41.9 Å². The largest absolute Gasteiger partial charge is 0.341 e. The second kappa shape index (κ2) is 8.44. The minimum atomic E-state index is -0.199. The Morgan fingerprint density at radius 1 is 1.16 bits per heavy atom. The van der Waals surface area contributed by atoms with Crippen LogP contribution in [0, 0.1) is 11.8 Å². The smallest absolute Gasteiger partial charge is 0.293 e. The molecule has 1 unspecified atom stereocenters. The van der Waals surface area contributed by atoms with Gasteiger partial charge in [0, 0.05) is 24.5 Å². The van der Waals surface area contributed by atoms with Crippen molar-refractivity contribution in [3.63, 3.8) is 0 Å². The van der Waals surface area contributed by atoms with Crippen LogP contribution in [0.15, 0.2) is 47.4 Å². The van der Waals surface area contributed by atoms with Gasteiger partial charge in [-0.2, -0.15) is 5.10 Å². The van der Waals surface area contributed by atoms with Crippen molar-refractivity contribution in [1.29, 1.82) is 0 Å². The van der Waals surface area contributed by atoms with E-state index in [4.69, 9.17) is 10.7 Å². The number of fused-ring (bicyclic) bond motifs is 2. The fourth-order valence-corrected chi connectivity index (χ4v) is 4.28. The number of benzene rings is 1. The molecule has 1 saturated heterocycles. The normalized spacial score (nSPS) is 16.3. The maximum Gasteiger partial charge on any atom is 0.293 e. The second-order valence-corrected chi connectivity index (χ2v) is 8.11. The van der Waals surface area contributed by atoms with Crippen molar-refractivity contribution in [1.82, 2.24) is 24.3 Å². The molecule has 0 radical (unpaired) electrons. The number of nitrogens with zero attached hydrogens (tertiary/aromatic N) is 6. The highest BCUT2D eigenvalue weighted by atomic mass is 16.1. The van der Waals surface area contributed by atoms with Crippen LogP contribution in [0.2, 0.25) is 0 Å². The van der Waals surface area contributed by atoms with Crippen LogP contribution >= 0.6 is 0 Å². The van der Waals surface area contributed by atoms with Crippen LogP contribution in [0.4, 0.5) is 5.95 Å². The van der Waals surface area contributed by atoms with Gasteiger partial charge in [0.15, 0.2) is 0 Å². The molecule has 0 amide bonds.